The normalized spacial score (nSPS) is 23.2. The molecule has 6 aliphatic carbocycles. The van der Waals surface area contributed by atoms with Crippen molar-refractivity contribution in [1.82, 2.24) is 0 Å². The third kappa shape index (κ3) is 6.01. The van der Waals surface area contributed by atoms with Gasteiger partial charge in [-0.25, -0.2) is 0 Å². The molecule has 0 heterocycles. The molecule has 0 aromatic heterocycles. The molecule has 0 aliphatic heterocycles. The van der Waals surface area contributed by atoms with Gasteiger partial charge in [0.25, 0.3) is 0 Å². The number of nitrogens with zero attached hydrogens (tertiary/aromatic N) is 4. The lowest BCUT2D eigenvalue weighted by Gasteiger charge is -2.73. The molecule has 0 saturated heterocycles. The monoisotopic (exact) mass is 822 g/mol. The SMILES string of the molecule is N#Cc1cc(C#N)cc(-c2cc(C34CC(c5ccc(N(c6ccccc6)c6ccccc6)cc5)(C3)C4)cc(C34CC(c5ccc(N(c6ccccc6)c6ccccc6)cc5)(C3)C4)c2)c1. The van der Waals surface area contributed by atoms with Crippen LogP contribution in [0.25, 0.3) is 11.1 Å². The third-order valence-electron chi connectivity index (χ3n) is 15.3. The van der Waals surface area contributed by atoms with Crippen molar-refractivity contribution in [3.8, 4) is 23.3 Å². The van der Waals surface area contributed by atoms with Crippen LogP contribution in [0.4, 0.5) is 34.1 Å². The molecule has 8 aromatic carbocycles. The molecular formula is C60H46N4. The average molecular weight is 823 g/mol. The molecule has 8 aromatic rings. The fourth-order valence-corrected chi connectivity index (χ4v) is 12.3. The van der Waals surface area contributed by atoms with E-state index >= 15 is 0 Å². The van der Waals surface area contributed by atoms with Gasteiger partial charge < -0.3 is 9.80 Å². The number of benzene rings is 8. The summed E-state index contributed by atoms with van der Waals surface area (Å²) in [5.74, 6) is 0. The molecule has 14 rings (SSSR count). The maximum atomic E-state index is 9.94. The summed E-state index contributed by atoms with van der Waals surface area (Å²) in [6.07, 6.45) is 6.82. The Labute approximate surface area is 375 Å². The zero-order chi connectivity index (χ0) is 42.9. The maximum Gasteiger partial charge on any atom is 0.0992 e. The molecule has 6 fully saturated rings. The van der Waals surface area contributed by atoms with Crippen LogP contribution in [-0.4, -0.2) is 0 Å². The summed E-state index contributed by atoms with van der Waals surface area (Å²) in [7, 11) is 0. The maximum absolute atomic E-state index is 9.94. The van der Waals surface area contributed by atoms with Gasteiger partial charge in [0.05, 0.1) is 23.3 Å². The van der Waals surface area contributed by atoms with Crippen LogP contribution >= 0.6 is 0 Å². The van der Waals surface area contributed by atoms with E-state index in [4.69, 9.17) is 0 Å². The molecule has 64 heavy (non-hydrogen) atoms. The quantitative estimate of drug-likeness (QED) is 0.130. The summed E-state index contributed by atoms with van der Waals surface area (Å²) in [5, 5.41) is 19.9. The summed E-state index contributed by atoms with van der Waals surface area (Å²) < 4.78 is 0. The highest BCUT2D eigenvalue weighted by Gasteiger charge is 2.70. The van der Waals surface area contributed by atoms with Crippen molar-refractivity contribution >= 4 is 34.1 Å². The van der Waals surface area contributed by atoms with Crippen LogP contribution in [0.1, 0.15) is 71.9 Å². The van der Waals surface area contributed by atoms with Crippen molar-refractivity contribution in [2.45, 2.75) is 60.2 Å². The van der Waals surface area contributed by atoms with Gasteiger partial charge in [-0.3, -0.25) is 0 Å². The predicted molar refractivity (Wildman–Crippen MR) is 258 cm³/mol. The first-order valence-electron chi connectivity index (χ1n) is 22.5. The van der Waals surface area contributed by atoms with Gasteiger partial charge in [0, 0.05) is 34.1 Å². The second-order valence-corrected chi connectivity index (χ2v) is 19.1. The molecule has 0 atom stereocenters. The van der Waals surface area contributed by atoms with E-state index in [0.717, 1.165) is 83.8 Å². The zero-order valence-electron chi connectivity index (χ0n) is 35.7. The topological polar surface area (TPSA) is 54.1 Å². The van der Waals surface area contributed by atoms with Crippen molar-refractivity contribution in [2.75, 3.05) is 9.80 Å². The van der Waals surface area contributed by atoms with E-state index in [9.17, 15) is 10.5 Å². The number of rotatable bonds is 11. The summed E-state index contributed by atoms with van der Waals surface area (Å²) in [5.41, 5.74) is 16.4. The Morgan fingerprint density at radius 3 is 0.891 bits per heavy atom. The molecule has 6 aliphatic rings. The van der Waals surface area contributed by atoms with Crippen molar-refractivity contribution in [1.29, 1.82) is 10.5 Å². The van der Waals surface area contributed by atoms with E-state index in [-0.39, 0.29) is 21.7 Å². The smallest absolute Gasteiger partial charge is 0.0992 e. The standard InChI is InChI=1S/C60H46N4/c61-35-43-29-44(36-62)31-45(30-43)46-32-49(59-37-57(38-59,39-59)47-21-25-55(26-22-47)63(51-13-5-1-6-14-51)52-15-7-2-8-16-52)34-50(33-46)60-40-58(41-60,42-60)48-23-27-56(28-24-48)64(53-17-9-3-10-18-53)54-19-11-4-12-20-54/h1-34H,37-42H2. The molecule has 0 amide bonds. The molecule has 6 saturated carbocycles. The van der Waals surface area contributed by atoms with Crippen LogP contribution in [0, 0.1) is 22.7 Å². The lowest BCUT2D eigenvalue weighted by molar-refractivity contribution is -0.0742. The Kier molecular flexibility index (Phi) is 8.59. The summed E-state index contributed by atoms with van der Waals surface area (Å²) in [6, 6.07) is 78.6. The van der Waals surface area contributed by atoms with Gasteiger partial charge >= 0.3 is 0 Å². The second kappa shape index (κ2) is 14.5. The fourth-order valence-electron chi connectivity index (χ4n) is 12.3. The molecular weight excluding hydrogens is 777 g/mol. The minimum absolute atomic E-state index is 0.134. The lowest BCUT2D eigenvalue weighted by Crippen LogP contribution is -2.68. The molecule has 0 radical (unpaired) electrons. The van der Waals surface area contributed by atoms with Crippen molar-refractivity contribution in [2.24, 2.45) is 0 Å². The third-order valence-corrected chi connectivity index (χ3v) is 15.3. The molecule has 4 bridgehead atoms. The summed E-state index contributed by atoms with van der Waals surface area (Å²) >= 11 is 0. The van der Waals surface area contributed by atoms with Crippen molar-refractivity contribution in [3.05, 3.63) is 240 Å². The van der Waals surface area contributed by atoms with Crippen LogP contribution in [-0.2, 0) is 21.7 Å². The summed E-state index contributed by atoms with van der Waals surface area (Å²) in [4.78, 5) is 4.66. The van der Waals surface area contributed by atoms with Crippen molar-refractivity contribution < 1.29 is 0 Å². The van der Waals surface area contributed by atoms with E-state index in [0.29, 0.717) is 11.1 Å². The van der Waals surface area contributed by atoms with Crippen LogP contribution in [0.5, 0.6) is 0 Å². The first-order valence-corrected chi connectivity index (χ1v) is 22.5. The highest BCUT2D eigenvalue weighted by atomic mass is 15.1. The second-order valence-electron chi connectivity index (χ2n) is 19.1. The summed E-state index contributed by atoms with van der Waals surface area (Å²) in [6.45, 7) is 0. The highest BCUT2D eigenvalue weighted by molar-refractivity contribution is 5.78. The number of hydrogen-bond donors (Lipinski definition) is 0. The minimum atomic E-state index is 0.134. The first-order chi connectivity index (χ1) is 31.4. The number of nitriles is 2. The zero-order valence-corrected chi connectivity index (χ0v) is 35.7. The Balaban J connectivity index is 0.828. The largest absolute Gasteiger partial charge is 0.311 e. The molecule has 4 heteroatoms. The predicted octanol–water partition coefficient (Wildman–Crippen LogP) is 14.8. The Hall–Kier alpha value is -7.66. The Bertz CT molecular complexity index is 2800. The molecule has 0 N–H and O–H groups in total. The first kappa shape index (κ1) is 38.0. The van der Waals surface area contributed by atoms with Crippen LogP contribution < -0.4 is 9.80 Å². The number of anilines is 6. The fraction of sp³-hybridized carbons (Fsp3) is 0.167. The molecule has 4 nitrogen and oxygen atoms in total. The van der Waals surface area contributed by atoms with Crippen LogP contribution in [0.3, 0.4) is 0 Å². The Morgan fingerprint density at radius 1 is 0.297 bits per heavy atom. The number of hydrogen-bond acceptors (Lipinski definition) is 4. The van der Waals surface area contributed by atoms with Crippen molar-refractivity contribution in [3.63, 3.8) is 0 Å². The van der Waals surface area contributed by atoms with Crippen LogP contribution in [0.15, 0.2) is 206 Å². The lowest BCUT2D eigenvalue weighted by atomic mass is 9.30. The van der Waals surface area contributed by atoms with Gasteiger partial charge in [-0.1, -0.05) is 115 Å². The van der Waals surface area contributed by atoms with Gasteiger partial charge in [-0.05, 0) is 185 Å². The van der Waals surface area contributed by atoms with Crippen LogP contribution in [0.2, 0.25) is 0 Å². The molecule has 306 valence electrons. The van der Waals surface area contributed by atoms with E-state index < -0.39 is 0 Å². The van der Waals surface area contributed by atoms with Gasteiger partial charge in [-0.2, -0.15) is 10.5 Å². The Morgan fingerprint density at radius 2 is 0.578 bits per heavy atom. The van der Waals surface area contributed by atoms with Gasteiger partial charge in [0.15, 0.2) is 0 Å². The minimum Gasteiger partial charge on any atom is -0.311 e. The van der Waals surface area contributed by atoms with Gasteiger partial charge in [0.1, 0.15) is 0 Å². The van der Waals surface area contributed by atoms with E-state index in [1.807, 2.05) is 12.1 Å². The van der Waals surface area contributed by atoms with E-state index in [1.165, 1.54) is 22.3 Å². The van der Waals surface area contributed by atoms with Gasteiger partial charge in [-0.15, -0.1) is 0 Å². The molecule has 0 spiro atoms. The van der Waals surface area contributed by atoms with E-state index in [1.54, 1.807) is 6.07 Å². The van der Waals surface area contributed by atoms with E-state index in [2.05, 4.69) is 210 Å². The highest BCUT2D eigenvalue weighted by Crippen LogP contribution is 2.76. The average Bonchev–Trinajstić information content (AvgIpc) is 3.30. The number of para-hydroxylation sites is 4. The van der Waals surface area contributed by atoms with Gasteiger partial charge in [0.2, 0.25) is 0 Å². The molecule has 0 unspecified atom stereocenters.